The SMILES string of the molecule is COC(=O)c1c(C)nc(-c2ccsc2)nc1N. The number of nitrogen functional groups attached to an aromatic ring is 1. The van der Waals surface area contributed by atoms with Crippen LogP contribution in [0.3, 0.4) is 0 Å². The normalized spacial score (nSPS) is 10.2. The zero-order valence-corrected chi connectivity index (χ0v) is 10.2. The molecule has 0 aliphatic carbocycles. The average molecular weight is 249 g/mol. The van der Waals surface area contributed by atoms with Gasteiger partial charge in [-0.05, 0) is 18.4 Å². The highest BCUT2D eigenvalue weighted by Crippen LogP contribution is 2.22. The van der Waals surface area contributed by atoms with E-state index in [9.17, 15) is 4.79 Å². The molecule has 0 saturated carbocycles. The fourth-order valence-electron chi connectivity index (χ4n) is 1.47. The number of nitrogens with two attached hydrogens (primary N) is 1. The van der Waals surface area contributed by atoms with Crippen LogP contribution in [-0.4, -0.2) is 23.0 Å². The van der Waals surface area contributed by atoms with Crippen molar-refractivity contribution in [2.45, 2.75) is 6.92 Å². The van der Waals surface area contributed by atoms with Crippen molar-refractivity contribution >= 4 is 23.1 Å². The molecule has 0 aliphatic heterocycles. The van der Waals surface area contributed by atoms with Gasteiger partial charge in [0.2, 0.25) is 0 Å². The van der Waals surface area contributed by atoms with Gasteiger partial charge in [-0.2, -0.15) is 11.3 Å². The average Bonchev–Trinajstić information content (AvgIpc) is 2.81. The predicted octanol–water partition coefficient (Wildman–Crippen LogP) is 1.88. The van der Waals surface area contributed by atoms with Gasteiger partial charge >= 0.3 is 5.97 Å². The van der Waals surface area contributed by atoms with Crippen molar-refractivity contribution < 1.29 is 9.53 Å². The molecule has 2 rings (SSSR count). The first-order valence-electron chi connectivity index (χ1n) is 4.88. The number of methoxy groups -OCH3 is 1. The Balaban J connectivity index is 2.53. The molecule has 6 heteroatoms. The number of nitrogens with zero attached hydrogens (tertiary/aromatic N) is 2. The van der Waals surface area contributed by atoms with E-state index in [1.807, 2.05) is 16.8 Å². The first-order valence-corrected chi connectivity index (χ1v) is 5.82. The van der Waals surface area contributed by atoms with E-state index in [4.69, 9.17) is 5.73 Å². The zero-order chi connectivity index (χ0) is 12.4. The van der Waals surface area contributed by atoms with E-state index in [2.05, 4.69) is 14.7 Å². The third kappa shape index (κ3) is 2.12. The van der Waals surface area contributed by atoms with Crippen molar-refractivity contribution in [3.8, 4) is 11.4 Å². The fraction of sp³-hybridized carbons (Fsp3) is 0.182. The number of aryl methyl sites for hydroxylation is 1. The van der Waals surface area contributed by atoms with Gasteiger partial charge in [0.1, 0.15) is 11.4 Å². The van der Waals surface area contributed by atoms with E-state index < -0.39 is 5.97 Å². The highest BCUT2D eigenvalue weighted by molar-refractivity contribution is 7.08. The fourth-order valence-corrected chi connectivity index (χ4v) is 2.10. The molecule has 0 amide bonds. The highest BCUT2D eigenvalue weighted by Gasteiger charge is 2.17. The van der Waals surface area contributed by atoms with Crippen molar-refractivity contribution in [3.63, 3.8) is 0 Å². The molecule has 17 heavy (non-hydrogen) atoms. The number of ether oxygens (including phenoxy) is 1. The number of thiophene rings is 1. The van der Waals surface area contributed by atoms with E-state index in [1.54, 1.807) is 18.3 Å². The van der Waals surface area contributed by atoms with Crippen LogP contribution in [0.25, 0.3) is 11.4 Å². The molecule has 88 valence electrons. The van der Waals surface area contributed by atoms with E-state index in [0.717, 1.165) is 5.56 Å². The molecule has 2 aromatic rings. The molecule has 0 bridgehead atoms. The van der Waals surface area contributed by atoms with E-state index >= 15 is 0 Å². The van der Waals surface area contributed by atoms with Gasteiger partial charge in [0.25, 0.3) is 0 Å². The molecule has 5 nitrogen and oxygen atoms in total. The van der Waals surface area contributed by atoms with E-state index in [0.29, 0.717) is 11.5 Å². The lowest BCUT2D eigenvalue weighted by Gasteiger charge is -2.07. The maximum atomic E-state index is 11.5. The van der Waals surface area contributed by atoms with Gasteiger partial charge in [-0.1, -0.05) is 0 Å². The minimum atomic E-state index is -0.517. The third-order valence-electron chi connectivity index (χ3n) is 2.29. The minimum absolute atomic E-state index is 0.144. The Morgan fingerprint density at radius 3 is 2.76 bits per heavy atom. The van der Waals surface area contributed by atoms with Gasteiger partial charge in [-0.25, -0.2) is 14.8 Å². The Bertz CT molecular complexity index is 529. The number of hydrogen-bond donors (Lipinski definition) is 1. The summed E-state index contributed by atoms with van der Waals surface area (Å²) in [5.74, 6) is 0.149. The van der Waals surface area contributed by atoms with Crippen molar-refractivity contribution in [1.82, 2.24) is 9.97 Å². The summed E-state index contributed by atoms with van der Waals surface area (Å²) >= 11 is 1.55. The van der Waals surface area contributed by atoms with Crippen LogP contribution in [0.5, 0.6) is 0 Å². The van der Waals surface area contributed by atoms with Gasteiger partial charge in [0, 0.05) is 10.9 Å². The van der Waals surface area contributed by atoms with Gasteiger partial charge in [0.15, 0.2) is 5.82 Å². The number of carbonyl (C=O) groups is 1. The largest absolute Gasteiger partial charge is 0.465 e. The molecule has 0 unspecified atom stereocenters. The van der Waals surface area contributed by atoms with Crippen LogP contribution in [0.15, 0.2) is 16.8 Å². The van der Waals surface area contributed by atoms with Crippen LogP contribution in [0.4, 0.5) is 5.82 Å². The maximum absolute atomic E-state index is 11.5. The second-order valence-corrected chi connectivity index (χ2v) is 4.18. The number of hydrogen-bond acceptors (Lipinski definition) is 6. The van der Waals surface area contributed by atoms with Crippen molar-refractivity contribution in [3.05, 3.63) is 28.1 Å². The Morgan fingerprint density at radius 1 is 1.47 bits per heavy atom. The van der Waals surface area contributed by atoms with Crippen LogP contribution in [0, 0.1) is 6.92 Å². The maximum Gasteiger partial charge on any atom is 0.343 e. The van der Waals surface area contributed by atoms with Crippen LogP contribution >= 0.6 is 11.3 Å². The van der Waals surface area contributed by atoms with Crippen LogP contribution in [0.2, 0.25) is 0 Å². The monoisotopic (exact) mass is 249 g/mol. The summed E-state index contributed by atoms with van der Waals surface area (Å²) in [6.45, 7) is 1.71. The van der Waals surface area contributed by atoms with E-state index in [-0.39, 0.29) is 11.4 Å². The quantitative estimate of drug-likeness (QED) is 0.822. The first-order chi connectivity index (χ1) is 8.13. The van der Waals surface area contributed by atoms with Gasteiger partial charge < -0.3 is 10.5 Å². The Labute approximate surface area is 102 Å². The summed E-state index contributed by atoms with van der Waals surface area (Å²) in [4.78, 5) is 19.9. The molecule has 0 fully saturated rings. The summed E-state index contributed by atoms with van der Waals surface area (Å²) in [5, 5.41) is 3.85. The number of aromatic nitrogens is 2. The van der Waals surface area contributed by atoms with Crippen molar-refractivity contribution in [2.75, 3.05) is 12.8 Å². The molecule has 0 aliphatic rings. The van der Waals surface area contributed by atoms with Crippen LogP contribution < -0.4 is 5.73 Å². The Morgan fingerprint density at radius 2 is 2.24 bits per heavy atom. The van der Waals surface area contributed by atoms with Crippen LogP contribution in [0.1, 0.15) is 16.1 Å². The first kappa shape index (κ1) is 11.5. The van der Waals surface area contributed by atoms with Crippen LogP contribution in [-0.2, 0) is 4.74 Å². The molecular weight excluding hydrogens is 238 g/mol. The molecular formula is C11H11N3O2S. The molecule has 0 atom stereocenters. The van der Waals surface area contributed by atoms with Crippen molar-refractivity contribution in [2.24, 2.45) is 0 Å². The van der Waals surface area contributed by atoms with Gasteiger partial charge in [-0.3, -0.25) is 0 Å². The molecule has 2 heterocycles. The van der Waals surface area contributed by atoms with Gasteiger partial charge in [0.05, 0.1) is 12.8 Å². The summed E-state index contributed by atoms with van der Waals surface area (Å²) in [6.07, 6.45) is 0. The summed E-state index contributed by atoms with van der Waals surface area (Å²) in [6, 6.07) is 1.90. The summed E-state index contributed by atoms with van der Waals surface area (Å²) < 4.78 is 4.63. The lowest BCUT2D eigenvalue weighted by molar-refractivity contribution is 0.0600. The predicted molar refractivity (Wildman–Crippen MR) is 65.8 cm³/mol. The molecule has 2 N–H and O–H groups in total. The second-order valence-electron chi connectivity index (χ2n) is 3.40. The molecule has 0 radical (unpaired) electrons. The Hall–Kier alpha value is -1.95. The zero-order valence-electron chi connectivity index (χ0n) is 9.43. The topological polar surface area (TPSA) is 78.1 Å². The number of rotatable bonds is 2. The van der Waals surface area contributed by atoms with Crippen molar-refractivity contribution in [1.29, 1.82) is 0 Å². The van der Waals surface area contributed by atoms with Gasteiger partial charge in [-0.15, -0.1) is 0 Å². The second kappa shape index (κ2) is 4.50. The summed E-state index contributed by atoms with van der Waals surface area (Å²) in [5.41, 5.74) is 7.39. The number of carbonyl (C=O) groups excluding carboxylic acids is 1. The molecule has 2 aromatic heterocycles. The smallest absolute Gasteiger partial charge is 0.343 e. The minimum Gasteiger partial charge on any atom is -0.465 e. The molecule has 0 saturated heterocycles. The summed E-state index contributed by atoms with van der Waals surface area (Å²) in [7, 11) is 1.30. The highest BCUT2D eigenvalue weighted by atomic mass is 32.1. The number of anilines is 1. The number of esters is 1. The standard InChI is InChI=1S/C11H11N3O2S/c1-6-8(11(15)16-2)9(12)14-10(13-6)7-3-4-17-5-7/h3-5H,1-2H3,(H2,12,13,14). The molecule has 0 aromatic carbocycles. The van der Waals surface area contributed by atoms with E-state index in [1.165, 1.54) is 7.11 Å². The lowest BCUT2D eigenvalue weighted by atomic mass is 10.2. The molecule has 0 spiro atoms. The lowest BCUT2D eigenvalue weighted by Crippen LogP contribution is -2.12. The Kier molecular flexibility index (Phi) is 3.06. The third-order valence-corrected chi connectivity index (χ3v) is 2.97.